The molecule has 0 bridgehead atoms. The molecule has 2 rings (SSSR count). The van der Waals surface area contributed by atoms with E-state index in [-0.39, 0.29) is 18.6 Å². The van der Waals surface area contributed by atoms with E-state index in [1.165, 1.54) is 0 Å². The number of carbonyl (C=O) groups excluding carboxylic acids is 1. The molecule has 122 valence electrons. The van der Waals surface area contributed by atoms with E-state index in [4.69, 9.17) is 21.4 Å². The van der Waals surface area contributed by atoms with Crippen molar-refractivity contribution in [2.75, 3.05) is 6.61 Å². The maximum absolute atomic E-state index is 12.2. The van der Waals surface area contributed by atoms with Gasteiger partial charge in [-0.05, 0) is 63.1 Å². The van der Waals surface area contributed by atoms with Gasteiger partial charge in [-0.15, -0.1) is 0 Å². The van der Waals surface area contributed by atoms with Crippen molar-refractivity contribution in [3.05, 3.63) is 28.8 Å². The minimum absolute atomic E-state index is 0.120. The van der Waals surface area contributed by atoms with Crippen LogP contribution in [0.5, 0.6) is 5.75 Å². The average molecular weight is 326 g/mol. The third-order valence-corrected chi connectivity index (χ3v) is 4.52. The van der Waals surface area contributed by atoms with Gasteiger partial charge in [0.1, 0.15) is 5.75 Å². The molecule has 4 nitrogen and oxygen atoms in total. The smallest absolute Gasteiger partial charge is 0.260 e. The van der Waals surface area contributed by atoms with Gasteiger partial charge in [0.15, 0.2) is 6.10 Å². The van der Waals surface area contributed by atoms with E-state index in [1.54, 1.807) is 13.0 Å². The molecule has 0 heterocycles. The molecule has 1 unspecified atom stereocenters. The Morgan fingerprint density at radius 2 is 2.09 bits per heavy atom. The number of aliphatic hydroxyl groups excluding tert-OH is 1. The zero-order valence-electron chi connectivity index (χ0n) is 13.1. The highest BCUT2D eigenvalue weighted by Crippen LogP contribution is 2.27. The molecule has 1 aromatic rings. The molecule has 1 amide bonds. The Morgan fingerprint density at radius 3 is 2.73 bits per heavy atom. The van der Waals surface area contributed by atoms with E-state index in [9.17, 15) is 4.79 Å². The Hall–Kier alpha value is -1.26. The van der Waals surface area contributed by atoms with Gasteiger partial charge in [0.2, 0.25) is 0 Å². The second kappa shape index (κ2) is 7.84. The van der Waals surface area contributed by atoms with Gasteiger partial charge in [0.25, 0.3) is 5.91 Å². The molecule has 0 aromatic heterocycles. The van der Waals surface area contributed by atoms with E-state index in [1.807, 2.05) is 19.1 Å². The zero-order chi connectivity index (χ0) is 16.1. The number of aliphatic hydroxyl groups is 1. The fourth-order valence-electron chi connectivity index (χ4n) is 2.75. The Kier molecular flexibility index (Phi) is 6.09. The summed E-state index contributed by atoms with van der Waals surface area (Å²) in [6.07, 6.45) is 3.15. The summed E-state index contributed by atoms with van der Waals surface area (Å²) >= 11 is 6.09. The fraction of sp³-hybridized carbons (Fsp3) is 0.588. The molecule has 22 heavy (non-hydrogen) atoms. The Bertz CT molecular complexity index is 513. The number of rotatable bonds is 5. The van der Waals surface area contributed by atoms with Gasteiger partial charge in [-0.1, -0.05) is 17.7 Å². The van der Waals surface area contributed by atoms with Crippen LogP contribution in [0.25, 0.3) is 0 Å². The molecule has 2 N–H and O–H groups in total. The van der Waals surface area contributed by atoms with Crippen LogP contribution in [-0.2, 0) is 4.79 Å². The Labute approximate surface area is 136 Å². The van der Waals surface area contributed by atoms with Crippen LogP contribution in [0.1, 0.15) is 38.2 Å². The van der Waals surface area contributed by atoms with Crippen LogP contribution in [-0.4, -0.2) is 29.8 Å². The molecule has 1 atom stereocenters. The highest BCUT2D eigenvalue weighted by molar-refractivity contribution is 6.32. The summed E-state index contributed by atoms with van der Waals surface area (Å²) in [7, 11) is 0. The van der Waals surface area contributed by atoms with Crippen LogP contribution < -0.4 is 10.1 Å². The van der Waals surface area contributed by atoms with Gasteiger partial charge in [-0.3, -0.25) is 4.79 Å². The third-order valence-electron chi connectivity index (χ3n) is 4.21. The van der Waals surface area contributed by atoms with Gasteiger partial charge in [0.05, 0.1) is 5.02 Å². The fourth-order valence-corrected chi connectivity index (χ4v) is 2.91. The van der Waals surface area contributed by atoms with Gasteiger partial charge in [0, 0.05) is 12.6 Å². The Morgan fingerprint density at radius 1 is 1.41 bits per heavy atom. The van der Waals surface area contributed by atoms with E-state index < -0.39 is 6.10 Å². The van der Waals surface area contributed by atoms with E-state index in [2.05, 4.69) is 5.32 Å². The molecule has 0 aliphatic heterocycles. The van der Waals surface area contributed by atoms with Gasteiger partial charge in [-0.25, -0.2) is 0 Å². The van der Waals surface area contributed by atoms with Crippen LogP contribution in [0.4, 0.5) is 0 Å². The van der Waals surface area contributed by atoms with E-state index >= 15 is 0 Å². The summed E-state index contributed by atoms with van der Waals surface area (Å²) < 4.78 is 5.69. The predicted octanol–water partition coefficient (Wildman–Crippen LogP) is 3.08. The molecule has 0 spiro atoms. The third kappa shape index (κ3) is 4.62. The number of nitrogens with one attached hydrogen (secondary N) is 1. The molecule has 1 aromatic carbocycles. The predicted molar refractivity (Wildman–Crippen MR) is 87.3 cm³/mol. The van der Waals surface area contributed by atoms with E-state index in [0.717, 1.165) is 31.2 Å². The lowest BCUT2D eigenvalue weighted by atomic mass is 9.86. The van der Waals surface area contributed by atoms with Crippen molar-refractivity contribution >= 4 is 17.5 Å². The minimum Gasteiger partial charge on any atom is -0.479 e. The summed E-state index contributed by atoms with van der Waals surface area (Å²) in [4.78, 5) is 12.2. The number of benzene rings is 1. The summed E-state index contributed by atoms with van der Waals surface area (Å²) in [6, 6.07) is 5.68. The quantitative estimate of drug-likeness (QED) is 0.874. The number of ether oxygens (including phenoxy) is 1. The first kappa shape index (κ1) is 17.1. The first-order chi connectivity index (χ1) is 10.5. The van der Waals surface area contributed by atoms with Crippen molar-refractivity contribution in [1.82, 2.24) is 5.32 Å². The maximum Gasteiger partial charge on any atom is 0.260 e. The van der Waals surface area contributed by atoms with Gasteiger partial charge >= 0.3 is 0 Å². The van der Waals surface area contributed by atoms with Crippen molar-refractivity contribution in [3.63, 3.8) is 0 Å². The molecular weight excluding hydrogens is 302 g/mol. The normalized spacial score (nSPS) is 22.9. The number of halogens is 1. The second-order valence-corrected chi connectivity index (χ2v) is 6.51. The number of amides is 1. The highest BCUT2D eigenvalue weighted by atomic mass is 35.5. The van der Waals surface area contributed by atoms with Gasteiger partial charge < -0.3 is 15.2 Å². The van der Waals surface area contributed by atoms with Crippen LogP contribution in [0.3, 0.4) is 0 Å². The highest BCUT2D eigenvalue weighted by Gasteiger charge is 2.24. The summed E-state index contributed by atoms with van der Waals surface area (Å²) in [5.74, 6) is 0.797. The van der Waals surface area contributed by atoms with Crippen LogP contribution >= 0.6 is 11.6 Å². The molecule has 5 heteroatoms. The summed E-state index contributed by atoms with van der Waals surface area (Å²) in [5, 5.41) is 12.7. The summed E-state index contributed by atoms with van der Waals surface area (Å²) in [5.41, 5.74) is 1.04. The molecule has 1 saturated carbocycles. The Balaban J connectivity index is 1.86. The van der Waals surface area contributed by atoms with Crippen molar-refractivity contribution in [2.24, 2.45) is 5.92 Å². The maximum atomic E-state index is 12.2. The standard InChI is InChI=1S/C17H24ClNO3/c1-11-3-8-15(18)16(9-11)22-12(2)17(21)19-14-6-4-13(10-20)5-7-14/h3,8-9,12-14,20H,4-7,10H2,1-2H3,(H,19,21). The van der Waals surface area contributed by atoms with Crippen LogP contribution in [0.15, 0.2) is 18.2 Å². The average Bonchev–Trinajstić information content (AvgIpc) is 2.51. The first-order valence-corrected chi connectivity index (χ1v) is 8.21. The van der Waals surface area contributed by atoms with Crippen LogP contribution in [0.2, 0.25) is 5.02 Å². The second-order valence-electron chi connectivity index (χ2n) is 6.10. The van der Waals surface area contributed by atoms with Crippen molar-refractivity contribution in [2.45, 2.75) is 51.7 Å². The van der Waals surface area contributed by atoms with Crippen molar-refractivity contribution < 1.29 is 14.6 Å². The SMILES string of the molecule is Cc1ccc(Cl)c(OC(C)C(=O)NC2CCC(CO)CC2)c1. The largest absolute Gasteiger partial charge is 0.479 e. The molecule has 1 fully saturated rings. The molecular formula is C17H24ClNO3. The molecule has 0 saturated heterocycles. The lowest BCUT2D eigenvalue weighted by molar-refractivity contribution is -0.128. The van der Waals surface area contributed by atoms with Crippen LogP contribution in [0, 0.1) is 12.8 Å². The molecule has 0 radical (unpaired) electrons. The lowest BCUT2D eigenvalue weighted by Gasteiger charge is -2.29. The molecule has 1 aliphatic rings. The molecule has 1 aliphatic carbocycles. The minimum atomic E-state index is -0.588. The number of hydrogen-bond acceptors (Lipinski definition) is 3. The first-order valence-electron chi connectivity index (χ1n) is 7.83. The monoisotopic (exact) mass is 325 g/mol. The van der Waals surface area contributed by atoms with Gasteiger partial charge in [-0.2, -0.15) is 0 Å². The number of hydrogen-bond donors (Lipinski definition) is 2. The zero-order valence-corrected chi connectivity index (χ0v) is 13.9. The number of aryl methyl sites for hydroxylation is 1. The summed E-state index contributed by atoms with van der Waals surface area (Å²) in [6.45, 7) is 3.92. The van der Waals surface area contributed by atoms with Crippen molar-refractivity contribution in [3.8, 4) is 5.75 Å². The van der Waals surface area contributed by atoms with Crippen molar-refractivity contribution in [1.29, 1.82) is 0 Å². The lowest BCUT2D eigenvalue weighted by Crippen LogP contribution is -2.44. The number of carbonyl (C=O) groups is 1. The van der Waals surface area contributed by atoms with E-state index in [0.29, 0.717) is 16.7 Å². The topological polar surface area (TPSA) is 58.6 Å².